The molecular formula is C11H14N4Si. The number of nitrogens with two attached hydrogens (primary N) is 1. The van der Waals surface area contributed by atoms with E-state index >= 15 is 0 Å². The molecule has 0 saturated heterocycles. The van der Waals surface area contributed by atoms with Crippen LogP contribution in [-0.4, -0.2) is 23.0 Å². The van der Waals surface area contributed by atoms with Gasteiger partial charge >= 0.3 is 0 Å². The molecule has 0 saturated carbocycles. The van der Waals surface area contributed by atoms with Gasteiger partial charge in [-0.2, -0.15) is 0 Å². The molecule has 0 aromatic carbocycles. The van der Waals surface area contributed by atoms with E-state index in [2.05, 4.69) is 46.1 Å². The van der Waals surface area contributed by atoms with E-state index in [1.165, 1.54) is 6.33 Å². The third-order valence-corrected chi connectivity index (χ3v) is 2.95. The SMILES string of the molecule is C[Si](C)(C)C#Cc1c[nH]c2ncnc(N)c12. The second kappa shape index (κ2) is 3.65. The molecule has 16 heavy (non-hydrogen) atoms. The summed E-state index contributed by atoms with van der Waals surface area (Å²) in [4.78, 5) is 11.1. The first-order valence-corrected chi connectivity index (χ1v) is 8.58. The molecule has 82 valence electrons. The number of nitrogen functional groups attached to an aromatic ring is 1. The minimum atomic E-state index is -1.37. The molecule has 0 bridgehead atoms. The van der Waals surface area contributed by atoms with Gasteiger partial charge < -0.3 is 10.7 Å². The summed E-state index contributed by atoms with van der Waals surface area (Å²) in [7, 11) is -1.37. The molecule has 3 N–H and O–H groups in total. The number of fused-ring (bicyclic) bond motifs is 1. The van der Waals surface area contributed by atoms with E-state index in [-0.39, 0.29) is 0 Å². The van der Waals surface area contributed by atoms with Crippen LogP contribution in [0.2, 0.25) is 19.6 Å². The van der Waals surface area contributed by atoms with Crippen LogP contribution in [0.5, 0.6) is 0 Å². The molecule has 0 aliphatic rings. The Morgan fingerprint density at radius 3 is 2.75 bits per heavy atom. The molecule has 5 heteroatoms. The third kappa shape index (κ3) is 2.07. The average molecular weight is 230 g/mol. The zero-order chi connectivity index (χ0) is 11.8. The van der Waals surface area contributed by atoms with Gasteiger partial charge in [0.05, 0.1) is 10.9 Å². The van der Waals surface area contributed by atoms with Crippen LogP contribution in [-0.2, 0) is 0 Å². The van der Waals surface area contributed by atoms with Crippen LogP contribution >= 0.6 is 0 Å². The first-order valence-electron chi connectivity index (χ1n) is 5.08. The quantitative estimate of drug-likeness (QED) is 0.535. The number of aromatic amines is 1. The summed E-state index contributed by atoms with van der Waals surface area (Å²) in [5.74, 6) is 3.65. The molecule has 2 heterocycles. The Morgan fingerprint density at radius 2 is 2.06 bits per heavy atom. The van der Waals surface area contributed by atoms with Crippen LogP contribution in [0, 0.1) is 11.5 Å². The van der Waals surface area contributed by atoms with E-state index in [1.807, 2.05) is 6.20 Å². The molecule has 2 rings (SSSR count). The van der Waals surface area contributed by atoms with Crippen molar-refractivity contribution in [2.45, 2.75) is 19.6 Å². The minimum absolute atomic E-state index is 0.478. The Labute approximate surface area is 95.3 Å². The van der Waals surface area contributed by atoms with E-state index in [1.54, 1.807) is 0 Å². The van der Waals surface area contributed by atoms with Crippen LogP contribution in [0.25, 0.3) is 11.0 Å². The smallest absolute Gasteiger partial charge is 0.144 e. The summed E-state index contributed by atoms with van der Waals surface area (Å²) in [6, 6.07) is 0. The number of nitrogens with zero attached hydrogens (tertiary/aromatic N) is 2. The molecule has 2 aromatic heterocycles. The Bertz CT molecular complexity index is 583. The number of rotatable bonds is 0. The van der Waals surface area contributed by atoms with Gasteiger partial charge in [-0.1, -0.05) is 25.6 Å². The van der Waals surface area contributed by atoms with Crippen molar-refractivity contribution in [3.05, 3.63) is 18.1 Å². The number of hydrogen-bond acceptors (Lipinski definition) is 3. The third-order valence-electron chi connectivity index (χ3n) is 2.07. The van der Waals surface area contributed by atoms with Crippen LogP contribution in [0.3, 0.4) is 0 Å². The maximum absolute atomic E-state index is 5.81. The lowest BCUT2D eigenvalue weighted by molar-refractivity contribution is 1.21. The monoisotopic (exact) mass is 230 g/mol. The van der Waals surface area contributed by atoms with Crippen molar-refractivity contribution >= 4 is 24.9 Å². The van der Waals surface area contributed by atoms with Gasteiger partial charge in [0.15, 0.2) is 0 Å². The van der Waals surface area contributed by atoms with Gasteiger partial charge in [-0.3, -0.25) is 0 Å². The van der Waals surface area contributed by atoms with E-state index in [4.69, 9.17) is 5.73 Å². The molecule has 0 aliphatic carbocycles. The largest absolute Gasteiger partial charge is 0.383 e. The lowest BCUT2D eigenvalue weighted by atomic mass is 10.2. The van der Waals surface area contributed by atoms with Gasteiger partial charge in [0, 0.05) is 6.20 Å². The molecule has 0 radical (unpaired) electrons. The van der Waals surface area contributed by atoms with E-state index in [9.17, 15) is 0 Å². The lowest BCUT2D eigenvalue weighted by Gasteiger charge is -2.03. The highest BCUT2D eigenvalue weighted by Crippen LogP contribution is 2.19. The summed E-state index contributed by atoms with van der Waals surface area (Å²) < 4.78 is 0. The minimum Gasteiger partial charge on any atom is -0.383 e. The van der Waals surface area contributed by atoms with Gasteiger partial charge in [-0.15, -0.1) is 5.54 Å². The van der Waals surface area contributed by atoms with Gasteiger partial charge in [0.1, 0.15) is 25.9 Å². The molecule has 0 spiro atoms. The van der Waals surface area contributed by atoms with Crippen molar-refractivity contribution in [3.8, 4) is 11.5 Å². The highest BCUT2D eigenvalue weighted by Gasteiger charge is 2.10. The van der Waals surface area contributed by atoms with Gasteiger partial charge in [0.2, 0.25) is 0 Å². The first kappa shape index (κ1) is 10.7. The molecule has 4 nitrogen and oxygen atoms in total. The van der Waals surface area contributed by atoms with Gasteiger partial charge in [-0.05, 0) is 0 Å². The number of hydrogen-bond donors (Lipinski definition) is 2. The van der Waals surface area contributed by atoms with Crippen molar-refractivity contribution in [3.63, 3.8) is 0 Å². The van der Waals surface area contributed by atoms with E-state index < -0.39 is 8.07 Å². The maximum atomic E-state index is 5.81. The zero-order valence-corrected chi connectivity index (χ0v) is 10.6. The topological polar surface area (TPSA) is 67.6 Å². The Hall–Kier alpha value is -1.80. The van der Waals surface area contributed by atoms with Crippen molar-refractivity contribution in [1.29, 1.82) is 0 Å². The van der Waals surface area contributed by atoms with Crippen molar-refractivity contribution in [1.82, 2.24) is 15.0 Å². The average Bonchev–Trinajstić information content (AvgIpc) is 2.58. The zero-order valence-electron chi connectivity index (χ0n) is 9.63. The fourth-order valence-corrected chi connectivity index (χ4v) is 1.85. The molecular weight excluding hydrogens is 216 g/mol. The maximum Gasteiger partial charge on any atom is 0.144 e. The predicted octanol–water partition coefficient (Wildman–Crippen LogP) is 1.77. The summed E-state index contributed by atoms with van der Waals surface area (Å²) in [5, 5.41) is 0.827. The first-order chi connectivity index (χ1) is 7.47. The van der Waals surface area contributed by atoms with Crippen LogP contribution in [0.15, 0.2) is 12.5 Å². The van der Waals surface area contributed by atoms with Crippen molar-refractivity contribution in [2.24, 2.45) is 0 Å². The molecule has 2 aromatic rings. The normalized spacial score (nSPS) is 11.2. The van der Waals surface area contributed by atoms with Gasteiger partial charge in [0.25, 0.3) is 0 Å². The van der Waals surface area contributed by atoms with Crippen molar-refractivity contribution < 1.29 is 0 Å². The Balaban J connectivity index is 2.57. The molecule has 0 amide bonds. The van der Waals surface area contributed by atoms with Gasteiger partial charge in [-0.25, -0.2) is 9.97 Å². The van der Waals surface area contributed by atoms with Crippen molar-refractivity contribution in [2.75, 3.05) is 5.73 Å². The summed E-state index contributed by atoms with van der Waals surface area (Å²) in [6.45, 7) is 6.61. The Kier molecular flexibility index (Phi) is 2.44. The Morgan fingerprint density at radius 1 is 1.31 bits per heavy atom. The second-order valence-electron chi connectivity index (χ2n) is 4.68. The van der Waals surface area contributed by atoms with Crippen LogP contribution in [0.4, 0.5) is 5.82 Å². The van der Waals surface area contributed by atoms with E-state index in [0.29, 0.717) is 5.82 Å². The second-order valence-corrected chi connectivity index (χ2v) is 9.43. The number of anilines is 1. The highest BCUT2D eigenvalue weighted by atomic mass is 28.3. The predicted molar refractivity (Wildman–Crippen MR) is 68.5 cm³/mol. The summed E-state index contributed by atoms with van der Waals surface area (Å²) in [6.07, 6.45) is 3.28. The fourth-order valence-electron chi connectivity index (χ4n) is 1.34. The fraction of sp³-hybridized carbons (Fsp3) is 0.273. The lowest BCUT2D eigenvalue weighted by Crippen LogP contribution is -2.16. The molecule has 0 fully saturated rings. The molecule has 0 aliphatic heterocycles. The summed E-state index contributed by atoms with van der Waals surface area (Å²) in [5.41, 5.74) is 10.7. The molecule has 0 unspecified atom stereocenters. The van der Waals surface area contributed by atoms with Crippen LogP contribution < -0.4 is 5.73 Å². The van der Waals surface area contributed by atoms with E-state index in [0.717, 1.165) is 16.6 Å². The van der Waals surface area contributed by atoms with Crippen LogP contribution in [0.1, 0.15) is 5.56 Å². The number of aromatic nitrogens is 3. The highest BCUT2D eigenvalue weighted by molar-refractivity contribution is 6.83. The molecule has 0 atom stereocenters. The standard InChI is InChI=1S/C11H14N4Si/c1-16(2,3)5-4-8-6-13-11-9(8)10(12)14-7-15-11/h6-7H,1-3H3,(H3,12,13,14,15). The number of H-pyrrole nitrogens is 1. The summed E-state index contributed by atoms with van der Waals surface area (Å²) >= 11 is 0. The number of nitrogens with one attached hydrogen (secondary N) is 1.